The summed E-state index contributed by atoms with van der Waals surface area (Å²) < 4.78 is 0. The lowest BCUT2D eigenvalue weighted by atomic mass is 10.2. The van der Waals surface area contributed by atoms with Crippen LogP contribution in [0.4, 0.5) is 5.69 Å². The summed E-state index contributed by atoms with van der Waals surface area (Å²) in [6.45, 7) is 2.39. The first kappa shape index (κ1) is 12.0. The highest BCUT2D eigenvalue weighted by atomic mass is 35.5. The Morgan fingerprint density at radius 3 is 3.13 bits per heavy atom. The standard InChI is InChI=1S/C9H14ClN3O2/c1-6(14)3-2-4-11-7-5-12-13-9(15)8(7)10/h5-6,14H,2-4H2,1H3,(H2,11,13,15). The van der Waals surface area contributed by atoms with Crippen molar-refractivity contribution in [1.82, 2.24) is 10.2 Å². The van der Waals surface area contributed by atoms with Crippen LogP contribution >= 0.6 is 11.6 Å². The molecule has 0 aliphatic rings. The maximum Gasteiger partial charge on any atom is 0.285 e. The average molecular weight is 232 g/mol. The van der Waals surface area contributed by atoms with E-state index in [0.717, 1.165) is 6.42 Å². The van der Waals surface area contributed by atoms with Gasteiger partial charge in [0.05, 0.1) is 18.0 Å². The molecule has 1 heterocycles. The predicted molar refractivity (Wildman–Crippen MR) is 59.3 cm³/mol. The number of nitrogens with one attached hydrogen (secondary N) is 2. The van der Waals surface area contributed by atoms with E-state index >= 15 is 0 Å². The van der Waals surface area contributed by atoms with Crippen LogP contribution in [0.1, 0.15) is 19.8 Å². The summed E-state index contributed by atoms with van der Waals surface area (Å²) in [6, 6.07) is 0. The molecule has 84 valence electrons. The van der Waals surface area contributed by atoms with E-state index in [2.05, 4.69) is 15.5 Å². The van der Waals surface area contributed by atoms with Crippen LogP contribution in [0.3, 0.4) is 0 Å². The average Bonchev–Trinajstić information content (AvgIpc) is 2.18. The molecule has 0 aliphatic carbocycles. The van der Waals surface area contributed by atoms with Crippen LogP contribution in [0.15, 0.2) is 11.0 Å². The first-order valence-electron chi connectivity index (χ1n) is 4.76. The molecule has 0 aromatic carbocycles. The molecule has 0 bridgehead atoms. The van der Waals surface area contributed by atoms with E-state index in [1.54, 1.807) is 6.92 Å². The third-order valence-corrected chi connectivity index (χ3v) is 2.28. The van der Waals surface area contributed by atoms with Crippen molar-refractivity contribution in [2.24, 2.45) is 0 Å². The Labute approximate surface area is 92.5 Å². The van der Waals surface area contributed by atoms with E-state index < -0.39 is 5.56 Å². The van der Waals surface area contributed by atoms with Crippen LogP contribution in [0.5, 0.6) is 0 Å². The highest BCUT2D eigenvalue weighted by Crippen LogP contribution is 2.14. The fraction of sp³-hybridized carbons (Fsp3) is 0.556. The van der Waals surface area contributed by atoms with Gasteiger partial charge in [0.25, 0.3) is 5.56 Å². The maximum atomic E-state index is 11.1. The first-order valence-corrected chi connectivity index (χ1v) is 5.14. The monoisotopic (exact) mass is 231 g/mol. The summed E-state index contributed by atoms with van der Waals surface area (Å²) in [6.07, 6.45) is 2.67. The van der Waals surface area contributed by atoms with Gasteiger partial charge >= 0.3 is 0 Å². The normalized spacial score (nSPS) is 12.5. The summed E-state index contributed by atoms with van der Waals surface area (Å²) in [5, 5.41) is 18.0. The van der Waals surface area contributed by atoms with Gasteiger partial charge in [0, 0.05) is 6.54 Å². The van der Waals surface area contributed by atoms with Gasteiger partial charge < -0.3 is 10.4 Å². The maximum absolute atomic E-state index is 11.1. The minimum Gasteiger partial charge on any atom is -0.393 e. The minimum absolute atomic E-state index is 0.113. The van der Waals surface area contributed by atoms with Gasteiger partial charge in [-0.3, -0.25) is 4.79 Å². The van der Waals surface area contributed by atoms with Crippen molar-refractivity contribution in [2.45, 2.75) is 25.9 Å². The second-order valence-corrected chi connectivity index (χ2v) is 3.72. The molecule has 1 unspecified atom stereocenters. The van der Waals surface area contributed by atoms with Crippen molar-refractivity contribution in [3.05, 3.63) is 21.6 Å². The molecule has 0 radical (unpaired) electrons. The smallest absolute Gasteiger partial charge is 0.285 e. The number of aliphatic hydroxyl groups is 1. The van der Waals surface area contributed by atoms with Gasteiger partial charge in [-0.25, -0.2) is 5.10 Å². The van der Waals surface area contributed by atoms with E-state index in [0.29, 0.717) is 18.7 Å². The van der Waals surface area contributed by atoms with Gasteiger partial charge in [-0.05, 0) is 19.8 Å². The molecule has 0 saturated carbocycles. The molecule has 15 heavy (non-hydrogen) atoms. The molecular formula is C9H14ClN3O2. The highest BCUT2D eigenvalue weighted by molar-refractivity contribution is 6.32. The molecule has 1 atom stereocenters. The number of halogens is 1. The molecule has 1 aromatic rings. The van der Waals surface area contributed by atoms with Gasteiger partial charge in [0.15, 0.2) is 0 Å². The van der Waals surface area contributed by atoms with Crippen molar-refractivity contribution >= 4 is 17.3 Å². The molecule has 0 aliphatic heterocycles. The fourth-order valence-corrected chi connectivity index (χ4v) is 1.29. The summed E-state index contributed by atoms with van der Waals surface area (Å²) in [5.74, 6) is 0. The van der Waals surface area contributed by atoms with Gasteiger partial charge in [-0.1, -0.05) is 11.6 Å². The summed E-state index contributed by atoms with van der Waals surface area (Å²) in [4.78, 5) is 11.1. The van der Waals surface area contributed by atoms with Crippen LogP contribution in [-0.4, -0.2) is 28.0 Å². The predicted octanol–water partition coefficient (Wildman–Crippen LogP) is 0.996. The molecule has 0 amide bonds. The Morgan fingerprint density at radius 1 is 1.73 bits per heavy atom. The Balaban J connectivity index is 2.44. The van der Waals surface area contributed by atoms with Crippen LogP contribution < -0.4 is 10.9 Å². The van der Waals surface area contributed by atoms with Gasteiger partial charge in [-0.15, -0.1) is 0 Å². The lowest BCUT2D eigenvalue weighted by molar-refractivity contribution is 0.183. The van der Waals surface area contributed by atoms with Gasteiger partial charge in [0.2, 0.25) is 0 Å². The van der Waals surface area contributed by atoms with E-state index in [1.165, 1.54) is 6.20 Å². The first-order chi connectivity index (χ1) is 7.11. The Morgan fingerprint density at radius 2 is 2.47 bits per heavy atom. The van der Waals surface area contributed by atoms with Crippen LogP contribution in [0.2, 0.25) is 5.02 Å². The molecule has 3 N–H and O–H groups in total. The zero-order valence-electron chi connectivity index (χ0n) is 8.46. The number of nitrogens with zero attached hydrogens (tertiary/aromatic N) is 1. The molecule has 0 fully saturated rings. The van der Waals surface area contributed by atoms with Crippen LogP contribution in [0, 0.1) is 0 Å². The van der Waals surface area contributed by atoms with Crippen molar-refractivity contribution in [3.63, 3.8) is 0 Å². The molecule has 5 nitrogen and oxygen atoms in total. The van der Waals surface area contributed by atoms with Gasteiger partial charge in [0.1, 0.15) is 5.02 Å². The number of hydrogen-bond acceptors (Lipinski definition) is 4. The van der Waals surface area contributed by atoms with E-state index in [-0.39, 0.29) is 11.1 Å². The zero-order chi connectivity index (χ0) is 11.3. The fourth-order valence-electron chi connectivity index (χ4n) is 1.13. The molecule has 1 aromatic heterocycles. The second kappa shape index (κ2) is 5.72. The quantitative estimate of drug-likeness (QED) is 0.661. The summed E-state index contributed by atoms with van der Waals surface area (Å²) >= 11 is 5.74. The van der Waals surface area contributed by atoms with Crippen molar-refractivity contribution in [3.8, 4) is 0 Å². The van der Waals surface area contributed by atoms with Crippen LogP contribution in [-0.2, 0) is 0 Å². The number of hydrogen-bond donors (Lipinski definition) is 3. The topological polar surface area (TPSA) is 78.0 Å². The SMILES string of the molecule is CC(O)CCCNc1cn[nH]c(=O)c1Cl. The number of aliphatic hydroxyl groups excluding tert-OH is 1. The molecular weight excluding hydrogens is 218 g/mol. The van der Waals surface area contributed by atoms with Crippen molar-refractivity contribution < 1.29 is 5.11 Å². The summed E-state index contributed by atoms with van der Waals surface area (Å²) in [5.41, 5.74) is 0.114. The lowest BCUT2D eigenvalue weighted by Gasteiger charge is -2.07. The summed E-state index contributed by atoms with van der Waals surface area (Å²) in [7, 11) is 0. The van der Waals surface area contributed by atoms with E-state index in [1.807, 2.05) is 0 Å². The number of anilines is 1. The van der Waals surface area contributed by atoms with Crippen LogP contribution in [0.25, 0.3) is 0 Å². The van der Waals surface area contributed by atoms with E-state index in [4.69, 9.17) is 16.7 Å². The largest absolute Gasteiger partial charge is 0.393 e. The number of H-pyrrole nitrogens is 1. The number of aromatic amines is 1. The molecule has 0 saturated heterocycles. The van der Waals surface area contributed by atoms with Crippen molar-refractivity contribution in [1.29, 1.82) is 0 Å². The third kappa shape index (κ3) is 3.89. The van der Waals surface area contributed by atoms with E-state index in [9.17, 15) is 4.79 Å². The molecule has 1 rings (SSSR count). The third-order valence-electron chi connectivity index (χ3n) is 1.91. The Kier molecular flexibility index (Phi) is 4.58. The molecule has 6 heteroatoms. The second-order valence-electron chi connectivity index (χ2n) is 3.34. The van der Waals surface area contributed by atoms with Gasteiger partial charge in [-0.2, -0.15) is 5.10 Å². The minimum atomic E-state index is -0.405. The zero-order valence-corrected chi connectivity index (χ0v) is 9.21. The molecule has 0 spiro atoms. The number of rotatable bonds is 5. The lowest BCUT2D eigenvalue weighted by Crippen LogP contribution is -2.13. The highest BCUT2D eigenvalue weighted by Gasteiger charge is 2.03. The number of aromatic nitrogens is 2. The Hall–Kier alpha value is -1.07. The Bertz CT molecular complexity index is 365. The van der Waals surface area contributed by atoms with Crippen molar-refractivity contribution in [2.75, 3.05) is 11.9 Å².